The van der Waals surface area contributed by atoms with Gasteiger partial charge in [-0.15, -0.1) is 11.3 Å². The third-order valence-corrected chi connectivity index (χ3v) is 11.9. The number of rotatable bonds is 18. The van der Waals surface area contributed by atoms with Crippen LogP contribution in [0, 0.1) is 0 Å². The minimum absolute atomic E-state index is 0. The number of unbranched alkanes of at least 4 members (excludes halogenated alkanes) is 14. The third-order valence-electron chi connectivity index (χ3n) is 10.8. The number of aryl methyl sites for hydroxylation is 1. The second-order valence-electron chi connectivity index (χ2n) is 14.4. The molecule has 1 aliphatic carbocycles. The van der Waals surface area contributed by atoms with Gasteiger partial charge in [-0.05, 0) is 37.1 Å². The molecule has 0 unspecified atom stereocenters. The predicted octanol–water partition coefficient (Wildman–Crippen LogP) is 5.29. The third kappa shape index (κ3) is 11.2. The molecule has 0 N–H and O–H groups in total. The molecule has 9 heteroatoms. The second-order valence-corrected chi connectivity index (χ2v) is 15.5. The van der Waals surface area contributed by atoms with Crippen molar-refractivity contribution in [1.29, 1.82) is 0 Å². The smallest absolute Gasteiger partial charge is 0.228 e. The highest BCUT2D eigenvalue weighted by Crippen LogP contribution is 2.39. The molecule has 0 saturated carbocycles. The summed E-state index contributed by atoms with van der Waals surface area (Å²) in [6.45, 7) is 12.7. The van der Waals surface area contributed by atoms with E-state index in [0.717, 1.165) is 96.5 Å². The maximum absolute atomic E-state index is 5.86. The number of fused-ring (bicyclic) bond motifs is 2. The van der Waals surface area contributed by atoms with E-state index in [4.69, 9.17) is 19.2 Å². The van der Waals surface area contributed by atoms with Gasteiger partial charge in [0.05, 0.1) is 47.2 Å². The second kappa shape index (κ2) is 21.9. The molecule has 0 atom stereocenters. The molecule has 0 amide bonds. The van der Waals surface area contributed by atoms with Gasteiger partial charge in [-0.25, -0.2) is 9.56 Å². The Morgan fingerprint density at radius 2 is 1.20 bits per heavy atom. The van der Waals surface area contributed by atoms with Crippen LogP contribution >= 0.6 is 11.3 Å². The molecule has 4 aliphatic heterocycles. The van der Waals surface area contributed by atoms with Crippen LogP contribution in [0.15, 0.2) is 24.3 Å². The lowest BCUT2D eigenvalue weighted by Gasteiger charge is -2.31. The van der Waals surface area contributed by atoms with E-state index in [2.05, 4.69) is 45.6 Å². The van der Waals surface area contributed by atoms with E-state index in [0.29, 0.717) is 0 Å². The molecule has 0 bridgehead atoms. The molecule has 5 aliphatic rings. The summed E-state index contributed by atoms with van der Waals surface area (Å²) >= 11 is 1.92. The monoisotopic (exact) mass is 818 g/mol. The molecule has 7 nitrogen and oxygen atoms in total. The van der Waals surface area contributed by atoms with E-state index in [1.807, 2.05) is 11.3 Å². The van der Waals surface area contributed by atoms with E-state index >= 15 is 0 Å². The summed E-state index contributed by atoms with van der Waals surface area (Å²) in [5.41, 5.74) is 6.37. The first-order chi connectivity index (χ1) is 24.3. The fraction of sp³-hybridized carbons (Fsp3) is 0.707. The molecular weight excluding hydrogens is 755 g/mol. The predicted molar refractivity (Wildman–Crippen MR) is 207 cm³/mol. The number of hydrogen-bond acceptors (Lipinski definition) is 7. The number of ether oxygens (including phenoxy) is 3. The number of benzene rings is 2. The summed E-state index contributed by atoms with van der Waals surface area (Å²) < 4.78 is 21.2. The fourth-order valence-electron chi connectivity index (χ4n) is 7.90. The standard InChI is InChI=1S/C41H63N4O3S.HI/c1-2-3-4-5-6-7-8-9-10-11-12-13-14-15-16-17-34-32-37-41(40(45-24-30-48-31-25-45)39(34)44-22-28-47-29-23-44)49-38-33-35(18-19-36(38)42-37)43-20-26-46-27-21-43;/h18-19,32-33H,2-17,20-31H2,1H3;1H/q+1;/p-1. The summed E-state index contributed by atoms with van der Waals surface area (Å²) in [4.78, 5) is 11.7. The molecule has 1 aromatic carbocycles. The molecule has 278 valence electrons. The first-order valence-electron chi connectivity index (χ1n) is 20.0. The highest BCUT2D eigenvalue weighted by Gasteiger charge is 2.29. The summed E-state index contributed by atoms with van der Waals surface area (Å²) in [5.74, 6) is 0. The SMILES string of the molecule is CCCCCCCCCCCCCCCCCc1cc2nc3ccc(N4CCOCC4)cc3sc-2c(N2CCOCC2)c1=[N+]1CCOCC1.[I-]. The van der Waals surface area contributed by atoms with E-state index in [1.165, 1.54) is 128 Å². The number of morpholine rings is 3. The molecule has 1 aromatic rings. The first kappa shape index (κ1) is 39.7. The van der Waals surface area contributed by atoms with Gasteiger partial charge in [0.2, 0.25) is 5.36 Å². The minimum Gasteiger partial charge on any atom is -1.00 e. The van der Waals surface area contributed by atoms with Crippen molar-refractivity contribution in [2.45, 2.75) is 110 Å². The molecule has 3 saturated heterocycles. The molecule has 3 fully saturated rings. The van der Waals surface area contributed by atoms with Gasteiger partial charge < -0.3 is 48.0 Å². The van der Waals surface area contributed by atoms with Crippen molar-refractivity contribution in [2.24, 2.45) is 0 Å². The van der Waals surface area contributed by atoms with Gasteiger partial charge in [-0.2, -0.15) is 0 Å². The average molecular weight is 819 g/mol. The van der Waals surface area contributed by atoms with Crippen LogP contribution in [0.1, 0.15) is 109 Å². The van der Waals surface area contributed by atoms with E-state index in [1.54, 1.807) is 0 Å². The van der Waals surface area contributed by atoms with Crippen molar-refractivity contribution in [1.82, 2.24) is 9.56 Å². The summed E-state index contributed by atoms with van der Waals surface area (Å²) in [7, 11) is 0. The lowest BCUT2D eigenvalue weighted by molar-refractivity contribution is -0.0000124. The van der Waals surface area contributed by atoms with Gasteiger partial charge in [-0.1, -0.05) is 96.8 Å². The molecule has 0 aromatic heterocycles. The molecule has 4 heterocycles. The molecule has 0 radical (unpaired) electrons. The van der Waals surface area contributed by atoms with Crippen LogP contribution < -0.4 is 43.7 Å². The first-order valence-corrected chi connectivity index (χ1v) is 20.8. The summed E-state index contributed by atoms with van der Waals surface area (Å²) in [6.07, 6.45) is 22.0. The fourth-order valence-corrected chi connectivity index (χ4v) is 9.05. The Morgan fingerprint density at radius 3 is 1.80 bits per heavy atom. The quantitative estimate of drug-likeness (QED) is 0.0754. The van der Waals surface area contributed by atoms with Crippen LogP contribution in [0.3, 0.4) is 0 Å². The van der Waals surface area contributed by atoms with Gasteiger partial charge in [0.25, 0.3) is 0 Å². The maximum Gasteiger partial charge on any atom is 0.228 e. The summed E-state index contributed by atoms with van der Waals surface area (Å²) in [5, 5.41) is 1.43. The van der Waals surface area contributed by atoms with Crippen LogP contribution in [-0.4, -0.2) is 83.9 Å². The van der Waals surface area contributed by atoms with E-state index in [9.17, 15) is 0 Å². The molecule has 50 heavy (non-hydrogen) atoms. The van der Waals surface area contributed by atoms with Crippen molar-refractivity contribution in [3.05, 3.63) is 35.2 Å². The minimum atomic E-state index is 0. The maximum atomic E-state index is 5.86. The van der Waals surface area contributed by atoms with Gasteiger partial charge in [0, 0.05) is 37.4 Å². The van der Waals surface area contributed by atoms with Crippen molar-refractivity contribution < 1.29 is 38.2 Å². The van der Waals surface area contributed by atoms with Crippen LogP contribution in [0.25, 0.3) is 20.8 Å². The molecule has 6 rings (SSSR count). The number of hydrogen-bond donors (Lipinski definition) is 0. The topological polar surface area (TPSA) is 50.1 Å². The van der Waals surface area contributed by atoms with Gasteiger partial charge >= 0.3 is 0 Å². The number of aromatic nitrogens is 1. The zero-order valence-corrected chi connectivity index (χ0v) is 33.9. The Morgan fingerprint density at radius 1 is 0.660 bits per heavy atom. The van der Waals surface area contributed by atoms with Gasteiger partial charge in [0.15, 0.2) is 13.1 Å². The zero-order valence-electron chi connectivity index (χ0n) is 30.9. The number of nitrogens with zero attached hydrogens (tertiary/aromatic N) is 4. The average Bonchev–Trinajstić information content (AvgIpc) is 3.16. The summed E-state index contributed by atoms with van der Waals surface area (Å²) in [6, 6.07) is 9.29. The zero-order chi connectivity index (χ0) is 33.5. The highest BCUT2D eigenvalue weighted by molar-refractivity contribution is 7.22. The lowest BCUT2D eigenvalue weighted by Crippen LogP contribution is -3.00. The van der Waals surface area contributed by atoms with Crippen LogP contribution in [0.4, 0.5) is 11.4 Å². The highest BCUT2D eigenvalue weighted by atomic mass is 127. The van der Waals surface area contributed by atoms with Crippen molar-refractivity contribution >= 4 is 32.9 Å². The number of halogens is 1. The molecular formula is C41H63IN4O3S. The lowest BCUT2D eigenvalue weighted by atomic mass is 10.00. The Bertz CT molecular complexity index is 1460. The number of anilines is 2. The van der Waals surface area contributed by atoms with Crippen LogP contribution in [0.2, 0.25) is 0 Å². The van der Waals surface area contributed by atoms with Crippen molar-refractivity contribution in [2.75, 3.05) is 88.7 Å². The molecule has 0 spiro atoms. The Balaban J connectivity index is 0.00000486. The van der Waals surface area contributed by atoms with Crippen LogP contribution in [-0.2, 0) is 20.6 Å². The van der Waals surface area contributed by atoms with Crippen molar-refractivity contribution in [3.63, 3.8) is 0 Å². The Kier molecular flexibility index (Phi) is 17.3. The Labute approximate surface area is 323 Å². The normalized spacial score (nSPS) is 17.1. The van der Waals surface area contributed by atoms with Gasteiger partial charge in [0.1, 0.15) is 18.9 Å². The van der Waals surface area contributed by atoms with Crippen molar-refractivity contribution in [3.8, 4) is 10.6 Å². The Hall–Kier alpha value is -1.53. The largest absolute Gasteiger partial charge is 1.00 e. The van der Waals surface area contributed by atoms with Gasteiger partial charge in [-0.3, -0.25) is 0 Å². The van der Waals surface area contributed by atoms with E-state index in [-0.39, 0.29) is 24.0 Å². The van der Waals surface area contributed by atoms with Crippen LogP contribution in [0.5, 0.6) is 0 Å². The van der Waals surface area contributed by atoms with E-state index < -0.39 is 0 Å².